The van der Waals surface area contributed by atoms with E-state index in [0.717, 1.165) is 40.9 Å². The first-order valence-electron chi connectivity index (χ1n) is 9.20. The van der Waals surface area contributed by atoms with Crippen LogP contribution in [0.2, 0.25) is 10.0 Å². The van der Waals surface area contributed by atoms with Crippen molar-refractivity contribution in [1.82, 2.24) is 9.88 Å². The molecule has 2 aromatic carbocycles. The van der Waals surface area contributed by atoms with E-state index in [9.17, 15) is 9.90 Å². The number of rotatable bonds is 4. The van der Waals surface area contributed by atoms with Crippen molar-refractivity contribution >= 4 is 45.8 Å². The second kappa shape index (κ2) is 7.66. The van der Waals surface area contributed by atoms with Crippen LogP contribution in [0, 0.1) is 6.92 Å². The van der Waals surface area contributed by atoms with Gasteiger partial charge in [-0.2, -0.15) is 0 Å². The number of halogens is 2. The van der Waals surface area contributed by atoms with Gasteiger partial charge in [-0.25, -0.2) is 0 Å². The lowest BCUT2D eigenvalue weighted by Gasteiger charge is -2.39. The number of hydrogen-bond donors (Lipinski definition) is 2. The van der Waals surface area contributed by atoms with Gasteiger partial charge in [0.25, 0.3) is 0 Å². The number of aromatic amines is 1. The summed E-state index contributed by atoms with van der Waals surface area (Å²) in [6.07, 6.45) is 0. The van der Waals surface area contributed by atoms with Crippen LogP contribution >= 0.6 is 23.2 Å². The van der Waals surface area contributed by atoms with Gasteiger partial charge in [-0.05, 0) is 31.2 Å². The Kier molecular flexibility index (Phi) is 5.23. The van der Waals surface area contributed by atoms with E-state index in [1.165, 1.54) is 0 Å². The van der Waals surface area contributed by atoms with Crippen LogP contribution in [0.4, 0.5) is 5.69 Å². The zero-order valence-corrected chi connectivity index (χ0v) is 17.0. The first kappa shape index (κ1) is 19.1. The first-order valence-corrected chi connectivity index (χ1v) is 9.95. The number of para-hydroxylation sites is 1. The first-order chi connectivity index (χ1) is 13.5. The van der Waals surface area contributed by atoms with Gasteiger partial charge in [-0.15, -0.1) is 0 Å². The molecule has 0 aliphatic carbocycles. The molecule has 1 aliphatic rings. The van der Waals surface area contributed by atoms with E-state index in [0.29, 0.717) is 23.1 Å². The largest absolute Gasteiger partial charge is 0.480 e. The SMILES string of the molecule is Cc1[nH]c2ccccc2c1C(C(=O)O)N1CCN(c2ccc(Cl)c(Cl)c2)CC1. The number of nitrogens with one attached hydrogen (secondary N) is 1. The summed E-state index contributed by atoms with van der Waals surface area (Å²) in [6, 6.07) is 12.8. The zero-order chi connectivity index (χ0) is 19.8. The molecule has 1 unspecified atom stereocenters. The average Bonchev–Trinajstić information content (AvgIpc) is 3.01. The number of fused-ring (bicyclic) bond motifs is 1. The minimum atomic E-state index is -0.823. The normalized spacial score (nSPS) is 16.5. The Morgan fingerprint density at radius 3 is 2.46 bits per heavy atom. The van der Waals surface area contributed by atoms with Crippen LogP contribution in [-0.2, 0) is 4.79 Å². The standard InChI is InChI=1S/C21H21Cl2N3O2/c1-13-19(15-4-2-3-5-18(15)24-13)20(21(27)28)26-10-8-25(9-11-26)14-6-7-16(22)17(23)12-14/h2-7,12,20,24H,8-11H2,1H3,(H,27,28). The molecule has 1 fully saturated rings. The van der Waals surface area contributed by atoms with E-state index < -0.39 is 12.0 Å². The van der Waals surface area contributed by atoms with Gasteiger partial charge in [0.05, 0.1) is 10.0 Å². The Morgan fingerprint density at radius 2 is 1.79 bits per heavy atom. The maximum absolute atomic E-state index is 12.2. The third-order valence-corrected chi connectivity index (χ3v) is 6.14. The van der Waals surface area contributed by atoms with E-state index in [4.69, 9.17) is 23.2 Å². The molecule has 28 heavy (non-hydrogen) atoms. The molecule has 0 saturated carbocycles. The number of piperazine rings is 1. The lowest BCUT2D eigenvalue weighted by atomic mass is 10.0. The van der Waals surface area contributed by atoms with E-state index >= 15 is 0 Å². The molecule has 1 aromatic heterocycles. The number of anilines is 1. The Balaban J connectivity index is 1.58. The number of nitrogens with zero attached hydrogens (tertiary/aromatic N) is 2. The van der Waals surface area contributed by atoms with Gasteiger partial charge in [0.15, 0.2) is 0 Å². The Hall–Kier alpha value is -2.21. The molecule has 1 atom stereocenters. The smallest absolute Gasteiger partial charge is 0.325 e. The van der Waals surface area contributed by atoms with Gasteiger partial charge in [0.2, 0.25) is 0 Å². The van der Waals surface area contributed by atoms with Gasteiger partial charge < -0.3 is 15.0 Å². The summed E-state index contributed by atoms with van der Waals surface area (Å²) in [4.78, 5) is 19.8. The predicted octanol–water partition coefficient (Wildman–Crippen LogP) is 4.73. The Bertz CT molecular complexity index is 1030. The molecule has 5 nitrogen and oxygen atoms in total. The maximum Gasteiger partial charge on any atom is 0.325 e. The molecule has 1 aliphatic heterocycles. The van der Waals surface area contributed by atoms with Gasteiger partial charge in [-0.1, -0.05) is 41.4 Å². The Morgan fingerprint density at radius 1 is 1.07 bits per heavy atom. The second-order valence-corrected chi connectivity index (χ2v) is 7.89. The molecule has 0 bridgehead atoms. The topological polar surface area (TPSA) is 59.6 Å². The van der Waals surface area contributed by atoms with Crippen molar-refractivity contribution in [3.8, 4) is 0 Å². The molecule has 1 saturated heterocycles. The summed E-state index contributed by atoms with van der Waals surface area (Å²) in [5.41, 5.74) is 3.73. The molecule has 146 valence electrons. The molecule has 0 amide bonds. The van der Waals surface area contributed by atoms with E-state index in [2.05, 4.69) is 9.88 Å². The summed E-state index contributed by atoms with van der Waals surface area (Å²) in [5, 5.41) is 12.1. The molecule has 4 rings (SSSR count). The lowest BCUT2D eigenvalue weighted by molar-refractivity contribution is -0.143. The number of aliphatic carboxylic acids is 1. The van der Waals surface area contributed by atoms with Gasteiger partial charge in [0.1, 0.15) is 6.04 Å². The molecule has 7 heteroatoms. The number of carboxylic acids is 1. The van der Waals surface area contributed by atoms with Crippen LogP contribution in [0.1, 0.15) is 17.3 Å². The van der Waals surface area contributed by atoms with Crippen molar-refractivity contribution in [3.63, 3.8) is 0 Å². The van der Waals surface area contributed by atoms with Crippen molar-refractivity contribution in [2.24, 2.45) is 0 Å². The van der Waals surface area contributed by atoms with Crippen molar-refractivity contribution in [2.45, 2.75) is 13.0 Å². The third-order valence-electron chi connectivity index (χ3n) is 5.40. The fourth-order valence-corrected chi connectivity index (χ4v) is 4.33. The number of carbonyl (C=O) groups is 1. The van der Waals surface area contributed by atoms with Gasteiger partial charge in [0, 0.05) is 54.0 Å². The summed E-state index contributed by atoms with van der Waals surface area (Å²) < 4.78 is 0. The number of aryl methyl sites for hydroxylation is 1. The highest BCUT2D eigenvalue weighted by atomic mass is 35.5. The molecular weight excluding hydrogens is 397 g/mol. The molecule has 2 heterocycles. The maximum atomic E-state index is 12.2. The van der Waals surface area contributed by atoms with Crippen LogP contribution in [0.3, 0.4) is 0 Å². The molecule has 0 radical (unpaired) electrons. The van der Waals surface area contributed by atoms with Crippen LogP contribution < -0.4 is 4.90 Å². The summed E-state index contributed by atoms with van der Waals surface area (Å²) in [6.45, 7) is 4.69. The number of H-pyrrole nitrogens is 1. The summed E-state index contributed by atoms with van der Waals surface area (Å²) in [5.74, 6) is -0.823. The van der Waals surface area contributed by atoms with Gasteiger partial charge in [-0.3, -0.25) is 9.69 Å². The zero-order valence-electron chi connectivity index (χ0n) is 15.5. The molecule has 2 N–H and O–H groups in total. The Labute approximate surface area is 173 Å². The minimum absolute atomic E-state index is 0.527. The predicted molar refractivity (Wildman–Crippen MR) is 114 cm³/mol. The number of carboxylic acid groups (broad SMARTS) is 1. The third kappa shape index (κ3) is 3.46. The highest BCUT2D eigenvalue weighted by Gasteiger charge is 2.33. The second-order valence-electron chi connectivity index (χ2n) is 7.07. The quantitative estimate of drug-likeness (QED) is 0.643. The average molecular weight is 418 g/mol. The summed E-state index contributed by atoms with van der Waals surface area (Å²) in [7, 11) is 0. The number of aromatic nitrogens is 1. The summed E-state index contributed by atoms with van der Waals surface area (Å²) >= 11 is 12.2. The highest BCUT2D eigenvalue weighted by molar-refractivity contribution is 6.42. The van der Waals surface area contributed by atoms with Crippen LogP contribution in [0.15, 0.2) is 42.5 Å². The van der Waals surface area contributed by atoms with Crippen molar-refractivity contribution in [2.75, 3.05) is 31.1 Å². The van der Waals surface area contributed by atoms with Gasteiger partial charge >= 0.3 is 5.97 Å². The minimum Gasteiger partial charge on any atom is -0.480 e. The van der Waals surface area contributed by atoms with Crippen LogP contribution in [0.25, 0.3) is 10.9 Å². The van der Waals surface area contributed by atoms with Crippen LogP contribution in [0.5, 0.6) is 0 Å². The monoisotopic (exact) mass is 417 g/mol. The number of hydrogen-bond acceptors (Lipinski definition) is 3. The molecule has 0 spiro atoms. The number of benzene rings is 2. The van der Waals surface area contributed by atoms with Crippen molar-refractivity contribution in [3.05, 3.63) is 63.8 Å². The van der Waals surface area contributed by atoms with Crippen molar-refractivity contribution in [1.29, 1.82) is 0 Å². The van der Waals surface area contributed by atoms with E-state index in [1.807, 2.05) is 48.2 Å². The van der Waals surface area contributed by atoms with E-state index in [1.54, 1.807) is 6.07 Å². The van der Waals surface area contributed by atoms with Crippen LogP contribution in [-0.4, -0.2) is 47.1 Å². The fourth-order valence-electron chi connectivity index (χ4n) is 4.03. The fraction of sp³-hybridized carbons (Fsp3) is 0.286. The van der Waals surface area contributed by atoms with E-state index in [-0.39, 0.29) is 0 Å². The molecular formula is C21H21Cl2N3O2. The highest BCUT2D eigenvalue weighted by Crippen LogP contribution is 2.33. The lowest BCUT2D eigenvalue weighted by Crippen LogP contribution is -2.49. The van der Waals surface area contributed by atoms with Crippen molar-refractivity contribution < 1.29 is 9.90 Å². The molecule has 3 aromatic rings.